The van der Waals surface area contributed by atoms with E-state index in [1.54, 1.807) is 6.92 Å². The minimum absolute atomic E-state index is 0.288. The highest BCUT2D eigenvalue weighted by atomic mass is 16.5. The van der Waals surface area contributed by atoms with Crippen LogP contribution in [0.3, 0.4) is 0 Å². The van der Waals surface area contributed by atoms with E-state index in [2.05, 4.69) is 18.7 Å². The van der Waals surface area contributed by atoms with E-state index in [4.69, 9.17) is 4.74 Å². The fraction of sp³-hybridized carbons (Fsp3) is 0.417. The molecule has 0 bridgehead atoms. The molecule has 0 radical (unpaired) electrons. The molecule has 0 aliphatic heterocycles. The molecule has 0 aromatic heterocycles. The SMILES string of the molecule is C=CC(CCc1ccccc1)(OCC(C)(C)C(C)(O)CO)c1ccccc1. The van der Waals surface area contributed by atoms with Crippen molar-refractivity contribution in [1.82, 2.24) is 0 Å². The molecule has 0 saturated carbocycles. The number of hydrogen-bond acceptors (Lipinski definition) is 3. The van der Waals surface area contributed by atoms with Gasteiger partial charge in [-0.05, 0) is 30.9 Å². The Kier molecular flexibility index (Phi) is 6.99. The molecule has 2 N–H and O–H groups in total. The van der Waals surface area contributed by atoms with Gasteiger partial charge in [0.25, 0.3) is 0 Å². The smallest absolute Gasteiger partial charge is 0.111 e. The van der Waals surface area contributed by atoms with E-state index < -0.39 is 16.6 Å². The van der Waals surface area contributed by atoms with Crippen LogP contribution in [0.25, 0.3) is 0 Å². The Morgan fingerprint density at radius 3 is 2.04 bits per heavy atom. The highest BCUT2D eigenvalue weighted by molar-refractivity contribution is 5.28. The molecule has 146 valence electrons. The standard InChI is InChI=1S/C24H32O3/c1-5-24(21-14-10-7-11-15-21,17-16-20-12-8-6-9-13-20)27-19-22(2,3)23(4,26)18-25/h5-15,25-26H,1,16-19H2,2-4H3. The van der Waals surface area contributed by atoms with Crippen molar-refractivity contribution >= 4 is 0 Å². The van der Waals surface area contributed by atoms with Gasteiger partial charge in [0.1, 0.15) is 5.60 Å². The summed E-state index contributed by atoms with van der Waals surface area (Å²) in [7, 11) is 0. The first-order valence-corrected chi connectivity index (χ1v) is 9.47. The van der Waals surface area contributed by atoms with Gasteiger partial charge in [0, 0.05) is 5.41 Å². The van der Waals surface area contributed by atoms with Crippen LogP contribution in [0.2, 0.25) is 0 Å². The van der Waals surface area contributed by atoms with Crippen molar-refractivity contribution in [3.63, 3.8) is 0 Å². The summed E-state index contributed by atoms with van der Waals surface area (Å²) in [6.45, 7) is 9.48. The zero-order valence-electron chi connectivity index (χ0n) is 16.7. The largest absolute Gasteiger partial charge is 0.393 e. The summed E-state index contributed by atoms with van der Waals surface area (Å²) in [5, 5.41) is 20.1. The van der Waals surface area contributed by atoms with Crippen molar-refractivity contribution in [2.75, 3.05) is 13.2 Å². The molecule has 0 heterocycles. The van der Waals surface area contributed by atoms with Gasteiger partial charge in [-0.25, -0.2) is 0 Å². The van der Waals surface area contributed by atoms with E-state index in [1.807, 2.05) is 68.5 Å². The normalized spacial score (nSPS) is 16.3. The zero-order valence-corrected chi connectivity index (χ0v) is 16.7. The molecule has 0 spiro atoms. The first-order valence-electron chi connectivity index (χ1n) is 9.47. The van der Waals surface area contributed by atoms with Gasteiger partial charge in [0.05, 0.1) is 18.8 Å². The molecule has 0 amide bonds. The first-order chi connectivity index (χ1) is 12.8. The van der Waals surface area contributed by atoms with E-state index in [9.17, 15) is 10.2 Å². The van der Waals surface area contributed by atoms with Gasteiger partial charge >= 0.3 is 0 Å². The maximum atomic E-state index is 10.5. The minimum Gasteiger partial charge on any atom is -0.393 e. The summed E-state index contributed by atoms with van der Waals surface area (Å²) < 4.78 is 6.45. The second kappa shape index (κ2) is 8.83. The third-order valence-corrected chi connectivity index (χ3v) is 5.68. The minimum atomic E-state index is -1.24. The predicted molar refractivity (Wildman–Crippen MR) is 111 cm³/mol. The lowest BCUT2D eigenvalue weighted by atomic mass is 9.76. The summed E-state index contributed by atoms with van der Waals surface area (Å²) in [4.78, 5) is 0. The molecule has 2 aromatic rings. The third kappa shape index (κ3) is 5.07. The Labute approximate surface area is 163 Å². The molecule has 0 fully saturated rings. The van der Waals surface area contributed by atoms with Crippen LogP contribution >= 0.6 is 0 Å². The van der Waals surface area contributed by atoms with Crippen molar-refractivity contribution in [3.05, 3.63) is 84.4 Å². The Balaban J connectivity index is 2.28. The molecule has 2 unspecified atom stereocenters. The van der Waals surface area contributed by atoms with Gasteiger partial charge in [-0.15, -0.1) is 0 Å². The zero-order chi connectivity index (χ0) is 20.0. The van der Waals surface area contributed by atoms with Crippen molar-refractivity contribution in [2.24, 2.45) is 5.41 Å². The van der Waals surface area contributed by atoms with E-state index >= 15 is 0 Å². The number of aliphatic hydroxyl groups excluding tert-OH is 1. The number of rotatable bonds is 10. The Hall–Kier alpha value is -1.94. The van der Waals surface area contributed by atoms with E-state index in [0.717, 1.165) is 18.4 Å². The topological polar surface area (TPSA) is 49.7 Å². The lowest BCUT2D eigenvalue weighted by molar-refractivity contribution is -0.145. The maximum Gasteiger partial charge on any atom is 0.111 e. The average Bonchev–Trinajstić information content (AvgIpc) is 2.70. The molecule has 2 atom stereocenters. The molecular formula is C24H32O3. The van der Waals surface area contributed by atoms with E-state index in [0.29, 0.717) is 0 Å². The van der Waals surface area contributed by atoms with Crippen molar-refractivity contribution in [1.29, 1.82) is 0 Å². The molecule has 0 aliphatic carbocycles. The molecular weight excluding hydrogens is 336 g/mol. The Morgan fingerprint density at radius 2 is 1.52 bits per heavy atom. The van der Waals surface area contributed by atoms with Gasteiger partial charge in [-0.2, -0.15) is 0 Å². The van der Waals surface area contributed by atoms with Crippen LogP contribution in [0.1, 0.15) is 38.3 Å². The van der Waals surface area contributed by atoms with Gasteiger partial charge in [-0.3, -0.25) is 0 Å². The summed E-state index contributed by atoms with van der Waals surface area (Å²) in [6, 6.07) is 20.4. The van der Waals surface area contributed by atoms with Gasteiger partial charge in [0.15, 0.2) is 0 Å². The van der Waals surface area contributed by atoms with Crippen LogP contribution in [0.4, 0.5) is 0 Å². The molecule has 3 nitrogen and oxygen atoms in total. The number of benzene rings is 2. The Bertz CT molecular complexity index is 707. The fourth-order valence-corrected chi connectivity index (χ4v) is 2.95. The van der Waals surface area contributed by atoms with E-state index in [1.165, 1.54) is 5.56 Å². The second-order valence-electron chi connectivity index (χ2n) is 8.05. The Morgan fingerprint density at radius 1 is 0.963 bits per heavy atom. The summed E-state index contributed by atoms with van der Waals surface area (Å²) in [5.41, 5.74) is -0.256. The maximum absolute atomic E-state index is 10.5. The molecule has 27 heavy (non-hydrogen) atoms. The molecule has 0 aliphatic rings. The van der Waals surface area contributed by atoms with Crippen molar-refractivity contribution < 1.29 is 14.9 Å². The lowest BCUT2D eigenvalue weighted by Crippen LogP contribution is -2.49. The third-order valence-electron chi connectivity index (χ3n) is 5.68. The van der Waals surface area contributed by atoms with Crippen LogP contribution in [-0.4, -0.2) is 29.0 Å². The number of aliphatic hydroxyl groups is 2. The number of ether oxygens (including phenoxy) is 1. The highest BCUT2D eigenvalue weighted by Crippen LogP contribution is 2.37. The predicted octanol–water partition coefficient (Wildman–Crippen LogP) is 4.49. The van der Waals surface area contributed by atoms with Gasteiger partial charge in [0.2, 0.25) is 0 Å². The average molecular weight is 369 g/mol. The number of hydrogen-bond donors (Lipinski definition) is 2. The molecule has 0 saturated heterocycles. The fourth-order valence-electron chi connectivity index (χ4n) is 2.95. The van der Waals surface area contributed by atoms with Crippen molar-refractivity contribution in [2.45, 2.75) is 44.8 Å². The monoisotopic (exact) mass is 368 g/mol. The van der Waals surface area contributed by atoms with Crippen molar-refractivity contribution in [3.8, 4) is 0 Å². The van der Waals surface area contributed by atoms with Crippen LogP contribution in [0.15, 0.2) is 73.3 Å². The lowest BCUT2D eigenvalue weighted by Gasteiger charge is -2.42. The molecule has 3 heteroatoms. The quantitative estimate of drug-likeness (QED) is 0.608. The summed E-state index contributed by atoms with van der Waals surface area (Å²) >= 11 is 0. The second-order valence-corrected chi connectivity index (χ2v) is 8.05. The van der Waals surface area contributed by atoms with Crippen LogP contribution in [-0.2, 0) is 16.8 Å². The van der Waals surface area contributed by atoms with Crippen LogP contribution < -0.4 is 0 Å². The van der Waals surface area contributed by atoms with Crippen LogP contribution in [0.5, 0.6) is 0 Å². The first kappa shape index (κ1) is 21.4. The molecule has 2 rings (SSSR count). The summed E-state index contributed by atoms with van der Waals surface area (Å²) in [6.07, 6.45) is 3.44. The van der Waals surface area contributed by atoms with E-state index in [-0.39, 0.29) is 13.2 Å². The number of aryl methyl sites for hydroxylation is 1. The summed E-state index contributed by atoms with van der Waals surface area (Å²) in [5.74, 6) is 0. The molecule has 2 aromatic carbocycles. The highest BCUT2D eigenvalue weighted by Gasteiger charge is 2.41. The van der Waals surface area contributed by atoms with Crippen LogP contribution in [0, 0.1) is 5.41 Å². The van der Waals surface area contributed by atoms with Gasteiger partial charge in [-0.1, -0.05) is 87.2 Å². The van der Waals surface area contributed by atoms with Gasteiger partial charge < -0.3 is 14.9 Å².